The summed E-state index contributed by atoms with van der Waals surface area (Å²) in [5, 5.41) is 3.98. The standard InChI is InChI=1S/C10H11NO2.C7H10N4O.C6H6/c1-11-8-4-2-3-5-9(8)13-7-6-10(11)12;8-6(12)7-9-5-3-1-2-4-11(5)10-7;1-2-4-6-5-3-1/h2-5H,6-7H2,1H3;1-4H2,(H2,8,12);1-6H. The summed E-state index contributed by atoms with van der Waals surface area (Å²) >= 11 is 0. The first-order valence-corrected chi connectivity index (χ1v) is 10.3. The van der Waals surface area contributed by atoms with Gasteiger partial charge in [0.05, 0.1) is 18.7 Å². The minimum absolute atomic E-state index is 0.102. The van der Waals surface area contributed by atoms with Crippen LogP contribution in [0.4, 0.5) is 5.69 Å². The summed E-state index contributed by atoms with van der Waals surface area (Å²) in [6.45, 7) is 1.33. The molecule has 2 N–H and O–H groups in total. The second-order valence-electron chi connectivity index (χ2n) is 7.07. The fourth-order valence-electron chi connectivity index (χ4n) is 3.18. The maximum absolute atomic E-state index is 11.4. The van der Waals surface area contributed by atoms with Gasteiger partial charge in [0.1, 0.15) is 11.6 Å². The van der Waals surface area contributed by atoms with Crippen LogP contribution in [0.2, 0.25) is 0 Å². The molecule has 2 amide bonds. The molecule has 0 atom stereocenters. The molecule has 0 spiro atoms. The Kier molecular flexibility index (Phi) is 7.75. The zero-order valence-electron chi connectivity index (χ0n) is 17.6. The average molecular weight is 422 g/mol. The van der Waals surface area contributed by atoms with Crippen LogP contribution in [0.25, 0.3) is 0 Å². The van der Waals surface area contributed by atoms with Crippen molar-refractivity contribution in [1.29, 1.82) is 0 Å². The van der Waals surface area contributed by atoms with E-state index in [1.165, 1.54) is 0 Å². The first-order chi connectivity index (χ1) is 15.1. The molecule has 8 heteroatoms. The second kappa shape index (κ2) is 10.9. The molecule has 2 aliphatic rings. The van der Waals surface area contributed by atoms with Crippen molar-refractivity contribution in [2.45, 2.75) is 32.2 Å². The van der Waals surface area contributed by atoms with Gasteiger partial charge in [0.25, 0.3) is 5.91 Å². The number of aryl methyl sites for hydroxylation is 2. The number of carbonyl (C=O) groups is 2. The van der Waals surface area contributed by atoms with E-state index in [0.717, 1.165) is 43.1 Å². The van der Waals surface area contributed by atoms with Gasteiger partial charge in [-0.25, -0.2) is 9.67 Å². The van der Waals surface area contributed by atoms with Gasteiger partial charge in [0.15, 0.2) is 0 Å². The third-order valence-electron chi connectivity index (χ3n) is 4.83. The second-order valence-corrected chi connectivity index (χ2v) is 7.07. The maximum Gasteiger partial charge on any atom is 0.288 e. The number of carbonyl (C=O) groups excluding carboxylic acids is 2. The summed E-state index contributed by atoms with van der Waals surface area (Å²) in [4.78, 5) is 27.8. The van der Waals surface area contributed by atoms with Gasteiger partial charge in [-0.1, -0.05) is 48.5 Å². The number of hydrogen-bond acceptors (Lipinski definition) is 5. The van der Waals surface area contributed by atoms with Crippen LogP contribution in [0.3, 0.4) is 0 Å². The highest BCUT2D eigenvalue weighted by atomic mass is 16.5. The number of benzene rings is 2. The number of fused-ring (bicyclic) bond motifs is 2. The summed E-state index contributed by atoms with van der Waals surface area (Å²) < 4.78 is 7.19. The molecule has 3 aromatic rings. The van der Waals surface area contributed by atoms with E-state index in [1.54, 1.807) is 16.6 Å². The molecule has 2 aromatic carbocycles. The lowest BCUT2D eigenvalue weighted by atomic mass is 10.2. The largest absolute Gasteiger partial charge is 0.491 e. The predicted molar refractivity (Wildman–Crippen MR) is 118 cm³/mol. The summed E-state index contributed by atoms with van der Waals surface area (Å²) in [5.74, 6) is 1.37. The number of aromatic nitrogens is 3. The van der Waals surface area contributed by atoms with Crippen LogP contribution in [0.1, 0.15) is 35.7 Å². The van der Waals surface area contributed by atoms with Crippen LogP contribution in [-0.4, -0.2) is 40.2 Å². The smallest absolute Gasteiger partial charge is 0.288 e. The number of para-hydroxylation sites is 2. The number of rotatable bonds is 1. The fraction of sp³-hybridized carbons (Fsp3) is 0.304. The van der Waals surface area contributed by atoms with E-state index in [0.29, 0.717) is 13.0 Å². The zero-order valence-corrected chi connectivity index (χ0v) is 17.6. The van der Waals surface area contributed by atoms with Crippen molar-refractivity contribution >= 4 is 17.5 Å². The Hall–Kier alpha value is -3.68. The van der Waals surface area contributed by atoms with Crippen molar-refractivity contribution in [2.75, 3.05) is 18.6 Å². The Morgan fingerprint density at radius 2 is 1.68 bits per heavy atom. The van der Waals surface area contributed by atoms with Gasteiger partial charge in [0, 0.05) is 20.0 Å². The van der Waals surface area contributed by atoms with Gasteiger partial charge in [-0.2, -0.15) is 0 Å². The van der Waals surface area contributed by atoms with E-state index in [-0.39, 0.29) is 11.7 Å². The monoisotopic (exact) mass is 421 g/mol. The number of anilines is 1. The molecule has 162 valence electrons. The lowest BCUT2D eigenvalue weighted by Gasteiger charge is -2.15. The summed E-state index contributed by atoms with van der Waals surface area (Å²) in [7, 11) is 1.77. The molecular weight excluding hydrogens is 394 g/mol. The molecule has 8 nitrogen and oxygen atoms in total. The molecule has 0 saturated carbocycles. The van der Waals surface area contributed by atoms with Crippen LogP contribution in [0, 0.1) is 0 Å². The van der Waals surface area contributed by atoms with Gasteiger partial charge >= 0.3 is 0 Å². The van der Waals surface area contributed by atoms with E-state index in [4.69, 9.17) is 10.5 Å². The molecular formula is C23H27N5O3. The van der Waals surface area contributed by atoms with Crippen LogP contribution in [-0.2, 0) is 17.8 Å². The van der Waals surface area contributed by atoms with Crippen molar-refractivity contribution in [3.63, 3.8) is 0 Å². The Balaban J connectivity index is 0.000000140. The minimum atomic E-state index is -0.545. The number of nitrogens with two attached hydrogens (primary N) is 1. The molecule has 0 bridgehead atoms. The Labute approximate surface area is 181 Å². The molecule has 2 aliphatic heterocycles. The molecule has 31 heavy (non-hydrogen) atoms. The highest BCUT2D eigenvalue weighted by molar-refractivity contribution is 5.95. The Bertz CT molecular complexity index is 953. The van der Waals surface area contributed by atoms with Crippen molar-refractivity contribution in [1.82, 2.24) is 14.8 Å². The molecule has 0 saturated heterocycles. The van der Waals surface area contributed by atoms with Crippen LogP contribution in [0.15, 0.2) is 60.7 Å². The molecule has 0 radical (unpaired) electrons. The normalized spacial score (nSPS) is 14.4. The van der Waals surface area contributed by atoms with E-state index < -0.39 is 5.91 Å². The minimum Gasteiger partial charge on any atom is -0.491 e. The van der Waals surface area contributed by atoms with Crippen molar-refractivity contribution in [3.05, 3.63) is 72.3 Å². The third kappa shape index (κ3) is 6.15. The predicted octanol–water partition coefficient (Wildman–Crippen LogP) is 2.83. The Morgan fingerprint density at radius 3 is 2.32 bits per heavy atom. The van der Waals surface area contributed by atoms with Gasteiger partial charge < -0.3 is 15.4 Å². The summed E-state index contributed by atoms with van der Waals surface area (Å²) in [6.07, 6.45) is 3.58. The zero-order chi connectivity index (χ0) is 22.1. The van der Waals surface area contributed by atoms with Crippen molar-refractivity contribution < 1.29 is 14.3 Å². The van der Waals surface area contributed by atoms with E-state index >= 15 is 0 Å². The lowest BCUT2D eigenvalue weighted by Crippen LogP contribution is -2.24. The van der Waals surface area contributed by atoms with Crippen LogP contribution >= 0.6 is 0 Å². The van der Waals surface area contributed by atoms with Gasteiger partial charge in [-0.15, -0.1) is 5.10 Å². The fourth-order valence-corrected chi connectivity index (χ4v) is 3.18. The van der Waals surface area contributed by atoms with Crippen molar-refractivity contribution in [3.8, 4) is 5.75 Å². The maximum atomic E-state index is 11.4. The molecule has 3 heterocycles. The SMILES string of the molecule is CN1C(=O)CCOc2ccccc21.NC(=O)c1nc2n(n1)CCCC2.c1ccccc1. The molecule has 0 fully saturated rings. The lowest BCUT2D eigenvalue weighted by molar-refractivity contribution is -0.118. The van der Waals surface area contributed by atoms with E-state index in [9.17, 15) is 9.59 Å². The van der Waals surface area contributed by atoms with Crippen molar-refractivity contribution in [2.24, 2.45) is 5.73 Å². The quantitative estimate of drug-likeness (QED) is 0.651. The molecule has 5 rings (SSSR count). The van der Waals surface area contributed by atoms with Gasteiger partial charge in [-0.3, -0.25) is 9.59 Å². The summed E-state index contributed by atoms with van der Waals surface area (Å²) in [6, 6.07) is 19.6. The first-order valence-electron chi connectivity index (χ1n) is 10.3. The van der Waals surface area contributed by atoms with Gasteiger partial charge in [-0.05, 0) is 25.0 Å². The topological polar surface area (TPSA) is 103 Å². The molecule has 1 aromatic heterocycles. The molecule has 0 aliphatic carbocycles. The number of nitrogens with zero attached hydrogens (tertiary/aromatic N) is 4. The van der Waals surface area contributed by atoms with Crippen LogP contribution < -0.4 is 15.4 Å². The number of amides is 2. The third-order valence-corrected chi connectivity index (χ3v) is 4.83. The van der Waals surface area contributed by atoms with Crippen LogP contribution in [0.5, 0.6) is 5.75 Å². The number of ether oxygens (including phenoxy) is 1. The average Bonchev–Trinajstić information content (AvgIpc) is 3.20. The highest BCUT2D eigenvalue weighted by Gasteiger charge is 2.18. The summed E-state index contributed by atoms with van der Waals surface area (Å²) in [5.41, 5.74) is 5.90. The van der Waals surface area contributed by atoms with E-state index in [2.05, 4.69) is 10.1 Å². The first kappa shape index (κ1) is 22.0. The number of primary amides is 1. The Morgan fingerprint density at radius 1 is 1.00 bits per heavy atom. The highest BCUT2D eigenvalue weighted by Crippen LogP contribution is 2.29. The number of hydrogen-bond donors (Lipinski definition) is 1. The van der Waals surface area contributed by atoms with Gasteiger partial charge in [0.2, 0.25) is 11.7 Å². The van der Waals surface area contributed by atoms with E-state index in [1.807, 2.05) is 60.7 Å². The molecule has 0 unspecified atom stereocenters.